The largest absolute Gasteiger partial charge is 0.383 e. The Morgan fingerprint density at radius 1 is 1.29 bits per heavy atom. The maximum absolute atomic E-state index is 6.13. The molecule has 0 aromatic rings. The molecular weight excluding hydrogens is 176 g/mol. The van der Waals surface area contributed by atoms with Crippen LogP contribution >= 0.6 is 0 Å². The fourth-order valence-corrected chi connectivity index (χ4v) is 2.60. The Labute approximate surface area is 86.6 Å². The van der Waals surface area contributed by atoms with Crippen molar-refractivity contribution in [3.63, 3.8) is 0 Å². The number of hydrogen-bond donors (Lipinski definition) is 1. The van der Waals surface area contributed by atoms with Crippen molar-refractivity contribution >= 4 is 0 Å². The van der Waals surface area contributed by atoms with Gasteiger partial charge < -0.3 is 10.5 Å². The Balaban J connectivity index is 1.88. The third kappa shape index (κ3) is 2.27. The van der Waals surface area contributed by atoms with Gasteiger partial charge in [-0.2, -0.15) is 0 Å². The molecule has 2 rings (SSSR count). The number of nitrogens with zero attached hydrogens (tertiary/aromatic N) is 1. The first-order valence-electron chi connectivity index (χ1n) is 5.83. The van der Waals surface area contributed by atoms with E-state index < -0.39 is 0 Å². The van der Waals surface area contributed by atoms with Crippen LogP contribution < -0.4 is 5.73 Å². The topological polar surface area (TPSA) is 38.5 Å². The molecule has 0 aliphatic heterocycles. The first-order chi connectivity index (χ1) is 6.83. The maximum Gasteiger partial charge on any atom is 0.0589 e. The van der Waals surface area contributed by atoms with Crippen LogP contribution in [0.25, 0.3) is 0 Å². The molecule has 0 bridgehead atoms. The Morgan fingerprint density at radius 3 is 2.57 bits per heavy atom. The van der Waals surface area contributed by atoms with E-state index in [2.05, 4.69) is 4.90 Å². The molecule has 0 saturated heterocycles. The molecule has 2 unspecified atom stereocenters. The van der Waals surface area contributed by atoms with Gasteiger partial charge in [0.2, 0.25) is 0 Å². The lowest BCUT2D eigenvalue weighted by molar-refractivity contribution is 0.109. The number of rotatable bonds is 5. The van der Waals surface area contributed by atoms with Crippen molar-refractivity contribution in [2.75, 3.05) is 20.3 Å². The minimum absolute atomic E-state index is 0.410. The second kappa shape index (κ2) is 4.60. The molecule has 2 fully saturated rings. The highest BCUT2D eigenvalue weighted by Gasteiger charge is 2.37. The fraction of sp³-hybridized carbons (Fsp3) is 1.00. The molecule has 14 heavy (non-hydrogen) atoms. The van der Waals surface area contributed by atoms with Gasteiger partial charge in [-0.15, -0.1) is 0 Å². The number of ether oxygens (including phenoxy) is 1. The molecule has 0 aromatic carbocycles. The van der Waals surface area contributed by atoms with E-state index in [1.807, 2.05) is 0 Å². The molecule has 2 atom stereocenters. The van der Waals surface area contributed by atoms with Crippen LogP contribution in [0, 0.1) is 0 Å². The van der Waals surface area contributed by atoms with Gasteiger partial charge in [-0.25, -0.2) is 0 Å². The highest BCUT2D eigenvalue weighted by molar-refractivity contribution is 4.95. The summed E-state index contributed by atoms with van der Waals surface area (Å²) in [4.78, 5) is 2.60. The number of methoxy groups -OCH3 is 1. The predicted octanol–water partition coefficient (Wildman–Crippen LogP) is 0.977. The Hall–Kier alpha value is -0.120. The molecule has 0 heterocycles. The van der Waals surface area contributed by atoms with E-state index in [1.54, 1.807) is 7.11 Å². The molecule has 82 valence electrons. The molecule has 0 spiro atoms. The van der Waals surface area contributed by atoms with Gasteiger partial charge in [-0.05, 0) is 25.7 Å². The second-order valence-corrected chi connectivity index (χ2v) is 4.62. The zero-order chi connectivity index (χ0) is 9.97. The molecule has 0 aromatic heterocycles. The number of hydrogen-bond acceptors (Lipinski definition) is 3. The van der Waals surface area contributed by atoms with E-state index >= 15 is 0 Å². The summed E-state index contributed by atoms with van der Waals surface area (Å²) in [5, 5.41) is 0. The third-order valence-electron chi connectivity index (χ3n) is 3.53. The summed E-state index contributed by atoms with van der Waals surface area (Å²) in [7, 11) is 1.78. The van der Waals surface area contributed by atoms with Crippen molar-refractivity contribution in [1.82, 2.24) is 4.90 Å². The monoisotopic (exact) mass is 198 g/mol. The van der Waals surface area contributed by atoms with Crippen molar-refractivity contribution < 1.29 is 4.74 Å². The Bertz CT molecular complexity index is 182. The summed E-state index contributed by atoms with van der Waals surface area (Å²) < 4.78 is 5.16. The number of nitrogens with two attached hydrogens (primary N) is 1. The van der Waals surface area contributed by atoms with Gasteiger partial charge in [0.15, 0.2) is 0 Å². The van der Waals surface area contributed by atoms with Crippen LogP contribution in [0.2, 0.25) is 0 Å². The Kier molecular flexibility index (Phi) is 3.42. The molecule has 3 nitrogen and oxygen atoms in total. The van der Waals surface area contributed by atoms with Crippen LogP contribution in [0.4, 0.5) is 0 Å². The first kappa shape index (κ1) is 10.4. The van der Waals surface area contributed by atoms with Gasteiger partial charge in [0.05, 0.1) is 6.61 Å². The predicted molar refractivity (Wildman–Crippen MR) is 57.2 cm³/mol. The third-order valence-corrected chi connectivity index (χ3v) is 3.53. The standard InChI is InChI=1S/C11H22N2O/c1-14-8-7-13(9-5-6-9)11-4-2-3-10(11)12/h9-11H,2-8,12H2,1H3. The minimum atomic E-state index is 0.410. The second-order valence-electron chi connectivity index (χ2n) is 4.62. The van der Waals surface area contributed by atoms with Crippen molar-refractivity contribution in [1.29, 1.82) is 0 Å². The summed E-state index contributed by atoms with van der Waals surface area (Å²) in [6, 6.07) is 1.87. The molecule has 2 saturated carbocycles. The maximum atomic E-state index is 6.13. The lowest BCUT2D eigenvalue weighted by atomic mass is 10.1. The van der Waals surface area contributed by atoms with Gasteiger partial charge in [0.1, 0.15) is 0 Å². The molecule has 3 heteroatoms. The van der Waals surface area contributed by atoms with E-state index in [0.29, 0.717) is 12.1 Å². The normalized spacial score (nSPS) is 32.8. The molecular formula is C11H22N2O. The van der Waals surface area contributed by atoms with E-state index in [1.165, 1.54) is 32.1 Å². The molecule has 0 radical (unpaired) electrons. The quantitative estimate of drug-likeness (QED) is 0.715. The summed E-state index contributed by atoms with van der Waals surface area (Å²) in [5.41, 5.74) is 6.13. The zero-order valence-electron chi connectivity index (χ0n) is 9.11. The highest BCUT2D eigenvalue weighted by atomic mass is 16.5. The van der Waals surface area contributed by atoms with Crippen molar-refractivity contribution in [2.24, 2.45) is 5.73 Å². The van der Waals surface area contributed by atoms with Crippen LogP contribution in [0.5, 0.6) is 0 Å². The lowest BCUT2D eigenvalue weighted by Gasteiger charge is -2.31. The summed E-state index contributed by atoms with van der Waals surface area (Å²) >= 11 is 0. The summed E-state index contributed by atoms with van der Waals surface area (Å²) in [6.45, 7) is 1.92. The zero-order valence-corrected chi connectivity index (χ0v) is 9.11. The molecule has 2 N–H and O–H groups in total. The Morgan fingerprint density at radius 2 is 2.07 bits per heavy atom. The molecule has 2 aliphatic carbocycles. The average molecular weight is 198 g/mol. The van der Waals surface area contributed by atoms with Crippen LogP contribution in [0.15, 0.2) is 0 Å². The first-order valence-corrected chi connectivity index (χ1v) is 5.83. The summed E-state index contributed by atoms with van der Waals surface area (Å²) in [5.74, 6) is 0. The van der Waals surface area contributed by atoms with E-state index in [-0.39, 0.29) is 0 Å². The van der Waals surface area contributed by atoms with Crippen molar-refractivity contribution in [3.05, 3.63) is 0 Å². The van der Waals surface area contributed by atoms with Crippen molar-refractivity contribution in [2.45, 2.75) is 50.2 Å². The highest BCUT2D eigenvalue weighted by Crippen LogP contribution is 2.33. The molecule has 2 aliphatic rings. The van der Waals surface area contributed by atoms with Gasteiger partial charge in [0, 0.05) is 31.8 Å². The SMILES string of the molecule is COCCN(C1CC1)C1CCCC1N. The fourth-order valence-electron chi connectivity index (χ4n) is 2.60. The van der Waals surface area contributed by atoms with Crippen LogP contribution in [0.1, 0.15) is 32.1 Å². The average Bonchev–Trinajstić information content (AvgIpc) is 2.92. The van der Waals surface area contributed by atoms with Gasteiger partial charge in [-0.3, -0.25) is 4.90 Å². The van der Waals surface area contributed by atoms with Gasteiger partial charge in [-0.1, -0.05) is 6.42 Å². The van der Waals surface area contributed by atoms with Crippen LogP contribution in [-0.2, 0) is 4.74 Å². The minimum Gasteiger partial charge on any atom is -0.383 e. The van der Waals surface area contributed by atoms with E-state index in [0.717, 1.165) is 19.2 Å². The van der Waals surface area contributed by atoms with Gasteiger partial charge in [0.25, 0.3) is 0 Å². The lowest BCUT2D eigenvalue weighted by Crippen LogP contribution is -2.46. The van der Waals surface area contributed by atoms with E-state index in [9.17, 15) is 0 Å². The van der Waals surface area contributed by atoms with E-state index in [4.69, 9.17) is 10.5 Å². The molecule has 0 amide bonds. The van der Waals surface area contributed by atoms with Gasteiger partial charge >= 0.3 is 0 Å². The van der Waals surface area contributed by atoms with Crippen LogP contribution in [-0.4, -0.2) is 43.3 Å². The van der Waals surface area contributed by atoms with Crippen molar-refractivity contribution in [3.8, 4) is 0 Å². The summed E-state index contributed by atoms with van der Waals surface area (Å²) in [6.07, 6.45) is 6.55. The van der Waals surface area contributed by atoms with Crippen LogP contribution in [0.3, 0.4) is 0 Å². The smallest absolute Gasteiger partial charge is 0.0589 e.